The van der Waals surface area contributed by atoms with Crippen molar-refractivity contribution in [2.75, 3.05) is 6.54 Å². The van der Waals surface area contributed by atoms with Gasteiger partial charge in [-0.15, -0.1) is 0 Å². The minimum atomic E-state index is -2.90. The zero-order chi connectivity index (χ0) is 10.5. The highest BCUT2D eigenvalue weighted by Gasteiger charge is 2.27. The summed E-state index contributed by atoms with van der Waals surface area (Å²) in [4.78, 5) is 11.0. The Hall–Kier alpha value is -0.510. The van der Waals surface area contributed by atoms with Gasteiger partial charge >= 0.3 is 6.05 Å². The lowest BCUT2D eigenvalue weighted by atomic mass is 10.1. The van der Waals surface area contributed by atoms with Crippen LogP contribution < -0.4 is 5.32 Å². The van der Waals surface area contributed by atoms with Crippen molar-refractivity contribution < 1.29 is 13.6 Å². The van der Waals surface area contributed by atoms with Crippen LogP contribution in [0.25, 0.3) is 0 Å². The Morgan fingerprint density at radius 2 is 2.00 bits per heavy atom. The van der Waals surface area contributed by atoms with E-state index in [-0.39, 0.29) is 24.7 Å². The van der Waals surface area contributed by atoms with Crippen molar-refractivity contribution in [3.8, 4) is 0 Å². The van der Waals surface area contributed by atoms with Gasteiger partial charge in [-0.25, -0.2) is 0 Å². The number of hydrogen-bond acceptors (Lipinski definition) is 2. The first-order valence-corrected chi connectivity index (χ1v) is 4.54. The summed E-state index contributed by atoms with van der Waals surface area (Å²) in [5.74, 6) is -0.374. The number of alkyl halides is 2. The van der Waals surface area contributed by atoms with Crippen LogP contribution in [-0.2, 0) is 4.79 Å². The largest absolute Gasteiger partial charge is 0.302 e. The summed E-state index contributed by atoms with van der Waals surface area (Å²) in [7, 11) is 0. The molecule has 0 aliphatic carbocycles. The third-order valence-corrected chi connectivity index (χ3v) is 1.73. The van der Waals surface area contributed by atoms with Crippen LogP contribution in [0, 0.1) is 5.92 Å². The predicted molar refractivity (Wildman–Crippen MR) is 47.7 cm³/mol. The van der Waals surface area contributed by atoms with Crippen molar-refractivity contribution in [3.05, 3.63) is 0 Å². The highest BCUT2D eigenvalue weighted by atomic mass is 19.3. The van der Waals surface area contributed by atoms with Gasteiger partial charge < -0.3 is 0 Å². The number of Topliss-reactive ketones (excluding diaryl/α,β-unsaturated/α-hetero) is 1. The van der Waals surface area contributed by atoms with E-state index in [9.17, 15) is 13.6 Å². The average molecular weight is 193 g/mol. The fraction of sp³-hybridized carbons (Fsp3) is 0.889. The molecule has 0 radical (unpaired) electrons. The number of carbonyl (C=O) groups excluding carboxylic acids is 1. The summed E-state index contributed by atoms with van der Waals surface area (Å²) >= 11 is 0. The topological polar surface area (TPSA) is 29.1 Å². The van der Waals surface area contributed by atoms with Crippen molar-refractivity contribution >= 4 is 5.78 Å². The molecule has 4 heteroatoms. The molecule has 0 rings (SSSR count). The van der Waals surface area contributed by atoms with Crippen LogP contribution in [0.5, 0.6) is 0 Å². The normalized spacial score (nSPS) is 12.2. The van der Waals surface area contributed by atoms with E-state index in [0.717, 1.165) is 0 Å². The van der Waals surface area contributed by atoms with E-state index in [4.69, 9.17) is 0 Å². The fourth-order valence-electron chi connectivity index (χ4n) is 0.823. The molecule has 13 heavy (non-hydrogen) atoms. The number of halogens is 2. The molecule has 0 aliphatic rings. The molecule has 0 amide bonds. The second-order valence-electron chi connectivity index (χ2n) is 3.43. The molecular weight excluding hydrogens is 176 g/mol. The van der Waals surface area contributed by atoms with E-state index < -0.39 is 6.05 Å². The monoisotopic (exact) mass is 193 g/mol. The number of nitrogens with one attached hydrogen (secondary N) is 1. The molecule has 0 bridgehead atoms. The highest BCUT2D eigenvalue weighted by molar-refractivity contribution is 5.82. The van der Waals surface area contributed by atoms with Crippen LogP contribution in [0.2, 0.25) is 0 Å². The second kappa shape index (κ2) is 5.27. The van der Waals surface area contributed by atoms with E-state index >= 15 is 0 Å². The van der Waals surface area contributed by atoms with E-state index in [2.05, 4.69) is 0 Å². The minimum absolute atomic E-state index is 0.184. The van der Waals surface area contributed by atoms with Crippen molar-refractivity contribution in [1.29, 1.82) is 0 Å². The molecule has 0 aromatic rings. The molecule has 0 heterocycles. The predicted octanol–water partition coefficient (Wildman–Crippen LogP) is 2.19. The smallest absolute Gasteiger partial charge is 0.298 e. The standard InChI is InChI=1S/C9H17F2NO/c1-4-5-9(10,11)12-6-8(13)7(2)3/h7,12H,4-6H2,1-3H3. The summed E-state index contributed by atoms with van der Waals surface area (Å²) in [6.45, 7) is 4.83. The van der Waals surface area contributed by atoms with Crippen LogP contribution in [0.1, 0.15) is 33.6 Å². The zero-order valence-electron chi connectivity index (χ0n) is 8.36. The highest BCUT2D eigenvalue weighted by Crippen LogP contribution is 2.15. The van der Waals surface area contributed by atoms with Crippen LogP contribution in [0.15, 0.2) is 0 Å². The first kappa shape index (κ1) is 12.5. The van der Waals surface area contributed by atoms with Crippen molar-refractivity contribution in [3.63, 3.8) is 0 Å². The van der Waals surface area contributed by atoms with Crippen molar-refractivity contribution in [1.82, 2.24) is 5.32 Å². The molecule has 2 nitrogen and oxygen atoms in total. The van der Waals surface area contributed by atoms with Gasteiger partial charge in [0.2, 0.25) is 0 Å². The van der Waals surface area contributed by atoms with Crippen LogP contribution in [-0.4, -0.2) is 18.4 Å². The molecule has 0 unspecified atom stereocenters. The molecule has 0 spiro atoms. The molecule has 0 saturated carbocycles. The summed E-state index contributed by atoms with van der Waals surface area (Å²) in [5.41, 5.74) is 0. The number of rotatable bonds is 6. The molecule has 1 N–H and O–H groups in total. The summed E-state index contributed by atoms with van der Waals surface area (Å²) < 4.78 is 25.6. The van der Waals surface area contributed by atoms with Crippen molar-refractivity contribution in [2.45, 2.75) is 39.7 Å². The zero-order valence-corrected chi connectivity index (χ0v) is 8.36. The lowest BCUT2D eigenvalue weighted by Crippen LogP contribution is -2.40. The minimum Gasteiger partial charge on any atom is -0.298 e. The molecule has 0 atom stereocenters. The SMILES string of the molecule is CCCC(F)(F)NCC(=O)C(C)C. The van der Waals surface area contributed by atoms with E-state index in [1.54, 1.807) is 20.8 Å². The first-order chi connectivity index (χ1) is 5.89. The van der Waals surface area contributed by atoms with Gasteiger partial charge in [0.05, 0.1) is 6.54 Å². The van der Waals surface area contributed by atoms with E-state index in [1.165, 1.54) is 0 Å². The third kappa shape index (κ3) is 5.69. The molecular formula is C9H17F2NO. The summed E-state index contributed by atoms with van der Waals surface area (Å²) in [6, 6.07) is -2.90. The molecule has 0 aromatic heterocycles. The van der Waals surface area contributed by atoms with Crippen LogP contribution in [0.3, 0.4) is 0 Å². The van der Waals surface area contributed by atoms with Gasteiger partial charge in [-0.05, 0) is 6.42 Å². The van der Waals surface area contributed by atoms with Gasteiger partial charge in [-0.3, -0.25) is 10.1 Å². The van der Waals surface area contributed by atoms with Gasteiger partial charge in [0.25, 0.3) is 0 Å². The second-order valence-corrected chi connectivity index (χ2v) is 3.43. The lowest BCUT2D eigenvalue weighted by molar-refractivity contribution is -0.124. The third-order valence-electron chi connectivity index (χ3n) is 1.73. The maximum atomic E-state index is 12.8. The fourth-order valence-corrected chi connectivity index (χ4v) is 0.823. The maximum Gasteiger partial charge on any atom is 0.302 e. The molecule has 78 valence electrons. The van der Waals surface area contributed by atoms with Crippen LogP contribution in [0.4, 0.5) is 8.78 Å². The molecule has 0 fully saturated rings. The Labute approximate surface area is 77.7 Å². The summed E-state index contributed by atoms with van der Waals surface area (Å²) in [5, 5.41) is 1.96. The lowest BCUT2D eigenvalue weighted by Gasteiger charge is -2.17. The Bertz CT molecular complexity index is 169. The van der Waals surface area contributed by atoms with E-state index in [0.29, 0.717) is 6.42 Å². The van der Waals surface area contributed by atoms with Gasteiger partial charge in [0.1, 0.15) is 5.78 Å². The Morgan fingerprint density at radius 1 is 1.46 bits per heavy atom. The van der Waals surface area contributed by atoms with Crippen LogP contribution >= 0.6 is 0 Å². The number of hydrogen-bond donors (Lipinski definition) is 1. The van der Waals surface area contributed by atoms with Crippen molar-refractivity contribution in [2.24, 2.45) is 5.92 Å². The summed E-state index contributed by atoms with van der Waals surface area (Å²) in [6.07, 6.45) is 0.175. The Balaban J connectivity index is 3.80. The Kier molecular flexibility index (Phi) is 5.06. The number of ketones is 1. The Morgan fingerprint density at radius 3 is 2.38 bits per heavy atom. The maximum absolute atomic E-state index is 12.8. The molecule has 0 aromatic carbocycles. The average Bonchev–Trinajstić information content (AvgIpc) is 2.00. The quantitative estimate of drug-likeness (QED) is 0.655. The number of carbonyl (C=O) groups is 1. The molecule has 0 aliphatic heterocycles. The van der Waals surface area contributed by atoms with Gasteiger partial charge in [-0.2, -0.15) is 8.78 Å². The van der Waals surface area contributed by atoms with E-state index in [1.807, 2.05) is 5.32 Å². The van der Waals surface area contributed by atoms with Gasteiger partial charge in [-0.1, -0.05) is 20.8 Å². The molecule has 0 saturated heterocycles. The first-order valence-electron chi connectivity index (χ1n) is 4.54. The van der Waals surface area contributed by atoms with Gasteiger partial charge in [0, 0.05) is 12.3 Å². The van der Waals surface area contributed by atoms with Gasteiger partial charge in [0.15, 0.2) is 0 Å².